The Labute approximate surface area is 479 Å². The molecule has 3 heterocycles. The van der Waals surface area contributed by atoms with Crippen molar-refractivity contribution in [1.82, 2.24) is 46.1 Å². The first-order valence-corrected chi connectivity index (χ1v) is 28.2. The Balaban J connectivity index is 0.694. The Morgan fingerprint density at radius 1 is 0.780 bits per heavy atom. The summed E-state index contributed by atoms with van der Waals surface area (Å²) in [4.78, 5) is 56.7. The number of benzene rings is 4. The lowest BCUT2D eigenvalue weighted by atomic mass is 9.83. The molecule has 20 heteroatoms. The third-order valence-corrected chi connectivity index (χ3v) is 14.9. The Bertz CT molecular complexity index is 3110. The van der Waals surface area contributed by atoms with E-state index in [1.165, 1.54) is 5.56 Å². The van der Waals surface area contributed by atoms with Crippen molar-refractivity contribution in [1.29, 1.82) is 0 Å². The predicted octanol–water partition coefficient (Wildman–Crippen LogP) is 6.37. The van der Waals surface area contributed by atoms with E-state index in [-0.39, 0.29) is 53.8 Å². The number of amides is 4. The van der Waals surface area contributed by atoms with Crippen molar-refractivity contribution in [2.24, 2.45) is 5.41 Å². The summed E-state index contributed by atoms with van der Waals surface area (Å²) in [6.45, 7) is 13.2. The van der Waals surface area contributed by atoms with Gasteiger partial charge in [0.05, 0.1) is 82.9 Å². The highest BCUT2D eigenvalue weighted by atomic mass is 16.6. The zero-order valence-corrected chi connectivity index (χ0v) is 47.8. The summed E-state index contributed by atoms with van der Waals surface area (Å²) in [6.07, 6.45) is 6.64. The molecule has 4 amide bonds. The smallest absolute Gasteiger partial charge is 0.251 e. The van der Waals surface area contributed by atoms with Gasteiger partial charge in [-0.3, -0.25) is 23.9 Å². The quantitative estimate of drug-likeness (QED) is 0.0307. The third kappa shape index (κ3) is 15.8. The Kier molecular flexibility index (Phi) is 21.2. The number of likely N-dealkylation sites (N-methyl/N-ethyl adjacent to an activating group) is 1. The van der Waals surface area contributed by atoms with Crippen molar-refractivity contribution < 1.29 is 48.0 Å². The fourth-order valence-electron chi connectivity index (χ4n) is 10.0. The first kappa shape index (κ1) is 60.3. The van der Waals surface area contributed by atoms with E-state index >= 15 is 0 Å². The lowest BCUT2D eigenvalue weighted by Crippen LogP contribution is -2.62. The third-order valence-electron chi connectivity index (χ3n) is 14.9. The first-order chi connectivity index (χ1) is 39.6. The van der Waals surface area contributed by atoms with E-state index in [0.717, 1.165) is 47.1 Å². The van der Waals surface area contributed by atoms with Gasteiger partial charge in [0.25, 0.3) is 5.91 Å². The number of para-hydroxylation sites is 1. The summed E-state index contributed by atoms with van der Waals surface area (Å²) < 4.78 is 30.6. The van der Waals surface area contributed by atoms with Crippen LogP contribution in [0.25, 0.3) is 22.4 Å². The molecule has 20 nitrogen and oxygen atoms in total. The molecule has 0 saturated heterocycles. The second kappa shape index (κ2) is 28.8. The molecule has 5 atom stereocenters. The van der Waals surface area contributed by atoms with Crippen LogP contribution in [0.5, 0.6) is 11.5 Å². The molecule has 7 N–H and O–H groups in total. The van der Waals surface area contributed by atoms with Crippen LogP contribution < -0.4 is 31.7 Å². The number of nitrogens with one attached hydrogen (secondary N) is 4. The van der Waals surface area contributed by atoms with Gasteiger partial charge in [0.2, 0.25) is 17.7 Å². The van der Waals surface area contributed by atoms with Gasteiger partial charge in [-0.05, 0) is 116 Å². The maximum absolute atomic E-state index is 14.7. The highest BCUT2D eigenvalue weighted by molar-refractivity contribution is 5.95. The van der Waals surface area contributed by atoms with Gasteiger partial charge in [-0.15, -0.1) is 10.2 Å². The van der Waals surface area contributed by atoms with Crippen LogP contribution >= 0.6 is 0 Å². The summed E-state index contributed by atoms with van der Waals surface area (Å²) in [5, 5.41) is 35.3. The van der Waals surface area contributed by atoms with Gasteiger partial charge in [0.1, 0.15) is 30.2 Å². The van der Waals surface area contributed by atoms with E-state index in [9.17, 15) is 24.3 Å². The maximum atomic E-state index is 14.7. The zero-order chi connectivity index (χ0) is 58.2. The van der Waals surface area contributed by atoms with Crippen LogP contribution in [0, 0.1) is 5.41 Å². The number of aromatic nitrogens is 4. The first-order valence-electron chi connectivity index (χ1n) is 28.2. The minimum absolute atomic E-state index is 0.0959. The number of hydrogen-bond donors (Lipinski definition) is 6. The van der Waals surface area contributed by atoms with Crippen LogP contribution in [-0.2, 0) is 52.7 Å². The highest BCUT2D eigenvalue weighted by Crippen LogP contribution is 2.35. The molecule has 436 valence electrons. The Morgan fingerprint density at radius 3 is 2.17 bits per heavy atom. The second-order valence-electron chi connectivity index (χ2n) is 21.7. The summed E-state index contributed by atoms with van der Waals surface area (Å²) in [5.41, 5.74) is 13.6. The Hall–Kier alpha value is -7.75. The number of carbonyl (C=O) groups is 4. The molecule has 1 aliphatic carbocycles. The minimum atomic E-state index is -0.883. The second-order valence-corrected chi connectivity index (χ2v) is 21.7. The standard InChI is InChI=1S/C62H78N10O10/c1-40(64-6)58(74)68-56(62(3,4)5)61(77)71-38-46-34-48(23-22-45(46)35-54(71)60(76)67-52-16-11-13-43-12-7-8-14-49(43)52)82-33-32-81-31-30-80-29-28-79-27-26-78-25-24-65-59(75)44-20-18-42(19-21-44)41(2)72-39-47(37-66-72)51-36-53(69-70-57(51)63)50-15-9-10-17-55(50)73/h7-10,12,14-15,17-23,34,36-37,39-41,52,54,56,64,73H,11,13,16,24-33,35,38H2,1-6H3,(H2,63,70)(H,65,75)(H,67,76)(H,68,74)/t40-,41?,52+,54-,56+/m0/s1. The molecule has 8 rings (SSSR count). The van der Waals surface area contributed by atoms with Crippen molar-refractivity contribution in [2.75, 3.05) is 78.8 Å². The summed E-state index contributed by atoms with van der Waals surface area (Å²) >= 11 is 0. The fourth-order valence-corrected chi connectivity index (χ4v) is 10.0. The lowest BCUT2D eigenvalue weighted by Gasteiger charge is -2.41. The number of phenols is 1. The molecule has 2 aliphatic rings. The van der Waals surface area contributed by atoms with Crippen molar-refractivity contribution in [3.8, 4) is 33.9 Å². The average Bonchev–Trinajstić information content (AvgIpc) is 3.86. The number of carbonyl (C=O) groups excluding carboxylic acids is 4. The predicted molar refractivity (Wildman–Crippen MR) is 311 cm³/mol. The van der Waals surface area contributed by atoms with Gasteiger partial charge in [-0.2, -0.15) is 5.10 Å². The van der Waals surface area contributed by atoms with E-state index < -0.39 is 23.5 Å². The van der Waals surface area contributed by atoms with Crippen LogP contribution in [0.1, 0.15) is 97.7 Å². The molecule has 2 aromatic heterocycles. The molecule has 0 fully saturated rings. The zero-order valence-electron chi connectivity index (χ0n) is 47.8. The summed E-state index contributed by atoms with van der Waals surface area (Å²) in [5.74, 6) is -0.0770. The van der Waals surface area contributed by atoms with Gasteiger partial charge >= 0.3 is 0 Å². The molecule has 6 aromatic rings. The molecule has 82 heavy (non-hydrogen) atoms. The molecular formula is C62H78N10O10. The van der Waals surface area contributed by atoms with Gasteiger partial charge in [-0.25, -0.2) is 0 Å². The van der Waals surface area contributed by atoms with E-state index in [1.54, 1.807) is 61.5 Å². The number of anilines is 1. The largest absolute Gasteiger partial charge is 0.507 e. The maximum Gasteiger partial charge on any atom is 0.251 e. The molecular weight excluding hydrogens is 1040 g/mol. The number of aromatic hydroxyl groups is 1. The number of fused-ring (bicyclic) bond motifs is 2. The van der Waals surface area contributed by atoms with E-state index in [1.807, 2.05) is 87.1 Å². The van der Waals surface area contributed by atoms with E-state index in [0.29, 0.717) is 101 Å². The van der Waals surface area contributed by atoms with Gasteiger partial charge in [-0.1, -0.05) is 75.4 Å². The number of rotatable bonds is 27. The average molecular weight is 1120 g/mol. The molecule has 0 saturated carbocycles. The molecule has 1 aliphatic heterocycles. The summed E-state index contributed by atoms with van der Waals surface area (Å²) in [7, 11) is 1.69. The van der Waals surface area contributed by atoms with Crippen molar-refractivity contribution in [3.63, 3.8) is 0 Å². The SMILES string of the molecule is CN[C@@H](C)C(=O)N[C@H](C(=O)N1Cc2cc(OCCOCCOCCOCCOCCNC(=O)c3ccc(C(C)n4cc(-c5cc(-c6ccccc6O)nnc5N)cn4)cc3)ccc2C[C@H]1C(=O)N[C@@H]1CCCc2ccccc21)C(C)(C)C. The molecule has 1 unspecified atom stereocenters. The fraction of sp³-hybridized carbons (Fsp3) is 0.435. The van der Waals surface area contributed by atoms with E-state index in [2.05, 4.69) is 48.7 Å². The van der Waals surface area contributed by atoms with Crippen LogP contribution in [0.15, 0.2) is 109 Å². The number of ether oxygens (including phenoxy) is 5. The van der Waals surface area contributed by atoms with E-state index in [4.69, 9.17) is 29.4 Å². The number of nitrogens with zero attached hydrogens (tertiary/aromatic N) is 5. The molecule has 4 aromatic carbocycles. The topological polar surface area (TPSA) is 256 Å². The van der Waals surface area contributed by atoms with Gasteiger partial charge in [0, 0.05) is 48.0 Å². The number of hydrogen-bond acceptors (Lipinski definition) is 15. The van der Waals surface area contributed by atoms with Crippen molar-refractivity contribution in [3.05, 3.63) is 143 Å². The van der Waals surface area contributed by atoms with Crippen LogP contribution in [0.4, 0.5) is 5.82 Å². The molecule has 0 radical (unpaired) electrons. The lowest BCUT2D eigenvalue weighted by molar-refractivity contribution is -0.147. The van der Waals surface area contributed by atoms with Gasteiger partial charge < -0.3 is 60.7 Å². The monoisotopic (exact) mass is 1120 g/mol. The van der Waals surface area contributed by atoms with Crippen LogP contribution in [0.2, 0.25) is 0 Å². The van der Waals surface area contributed by atoms with Gasteiger partial charge in [0.15, 0.2) is 5.82 Å². The molecule has 0 bridgehead atoms. The van der Waals surface area contributed by atoms with Crippen molar-refractivity contribution >= 4 is 29.4 Å². The number of nitrogens with two attached hydrogens (primary N) is 1. The highest BCUT2D eigenvalue weighted by Gasteiger charge is 2.43. The van der Waals surface area contributed by atoms with Crippen LogP contribution in [-0.4, -0.2) is 145 Å². The molecule has 0 spiro atoms. The number of aryl methyl sites for hydroxylation is 1. The normalized spacial score (nSPS) is 16.0. The minimum Gasteiger partial charge on any atom is -0.507 e. The van der Waals surface area contributed by atoms with Crippen molar-refractivity contribution in [2.45, 2.75) is 97.1 Å². The Morgan fingerprint density at radius 2 is 1.46 bits per heavy atom. The number of phenolic OH excluding ortho intramolecular Hbond substituents is 1. The number of nitrogen functional groups attached to an aromatic ring is 1. The van der Waals surface area contributed by atoms with Crippen LogP contribution in [0.3, 0.4) is 0 Å². The summed E-state index contributed by atoms with van der Waals surface area (Å²) in [6, 6.07) is 27.5.